The van der Waals surface area contributed by atoms with Gasteiger partial charge in [-0.3, -0.25) is 4.79 Å². The zero-order valence-corrected chi connectivity index (χ0v) is 17.5. The molecule has 7 nitrogen and oxygen atoms in total. The van der Waals surface area contributed by atoms with Crippen LogP contribution in [0.4, 0.5) is 11.4 Å². The summed E-state index contributed by atoms with van der Waals surface area (Å²) in [4.78, 5) is 29.4. The number of para-hydroxylation sites is 1. The van der Waals surface area contributed by atoms with E-state index in [1.165, 1.54) is 7.11 Å². The van der Waals surface area contributed by atoms with Crippen molar-refractivity contribution < 1.29 is 19.2 Å². The first kappa shape index (κ1) is 20.5. The molecule has 0 saturated heterocycles. The lowest BCUT2D eigenvalue weighted by atomic mass is 10.2. The summed E-state index contributed by atoms with van der Waals surface area (Å²) in [6.07, 6.45) is 0. The van der Waals surface area contributed by atoms with Crippen LogP contribution in [0, 0.1) is 3.57 Å². The number of rotatable bonds is 6. The van der Waals surface area contributed by atoms with E-state index in [4.69, 9.17) is 9.57 Å². The SMILES string of the molecule is COc1ccccc1C(=O)ONc1ccc(N=NC(=O)c2ccccc2I)cc1. The molecule has 1 amide bonds. The number of benzene rings is 3. The summed E-state index contributed by atoms with van der Waals surface area (Å²) in [7, 11) is 1.48. The number of halogens is 1. The fourth-order valence-electron chi connectivity index (χ4n) is 2.36. The summed E-state index contributed by atoms with van der Waals surface area (Å²) in [5, 5.41) is 7.70. The smallest absolute Gasteiger partial charge is 0.366 e. The first-order chi connectivity index (χ1) is 14.1. The van der Waals surface area contributed by atoms with E-state index in [0.717, 1.165) is 3.57 Å². The van der Waals surface area contributed by atoms with Crippen molar-refractivity contribution in [3.05, 3.63) is 87.5 Å². The predicted molar refractivity (Wildman–Crippen MR) is 116 cm³/mol. The van der Waals surface area contributed by atoms with Crippen LogP contribution in [0.1, 0.15) is 20.7 Å². The number of nitrogens with zero attached hydrogens (tertiary/aromatic N) is 2. The molecular weight excluding hydrogens is 485 g/mol. The lowest BCUT2D eigenvalue weighted by Crippen LogP contribution is -2.11. The average Bonchev–Trinajstić information content (AvgIpc) is 2.76. The van der Waals surface area contributed by atoms with Crippen LogP contribution >= 0.6 is 22.6 Å². The van der Waals surface area contributed by atoms with Crippen molar-refractivity contribution in [1.82, 2.24) is 0 Å². The highest BCUT2D eigenvalue weighted by Crippen LogP contribution is 2.21. The summed E-state index contributed by atoms with van der Waals surface area (Å²) in [5.41, 5.74) is 4.41. The van der Waals surface area contributed by atoms with Gasteiger partial charge in [0.2, 0.25) is 0 Å². The van der Waals surface area contributed by atoms with Crippen LogP contribution in [0.15, 0.2) is 83.0 Å². The Hall–Kier alpha value is -3.27. The highest BCUT2D eigenvalue weighted by atomic mass is 127. The standard InChI is InChI=1S/C21H16IN3O4/c1-28-19-9-5-3-7-17(19)21(27)29-25-15-12-10-14(11-13-15)23-24-20(26)16-6-2-4-8-18(16)22/h2-13,25H,1H3. The first-order valence-corrected chi connectivity index (χ1v) is 9.57. The van der Waals surface area contributed by atoms with Crippen LogP contribution in [0.5, 0.6) is 5.75 Å². The second-order valence-electron chi connectivity index (χ2n) is 5.72. The van der Waals surface area contributed by atoms with Crippen molar-refractivity contribution in [3.63, 3.8) is 0 Å². The summed E-state index contributed by atoms with van der Waals surface area (Å²) in [5.74, 6) is -0.565. The Labute approximate surface area is 180 Å². The third kappa shape index (κ3) is 5.38. The van der Waals surface area contributed by atoms with E-state index in [1.54, 1.807) is 60.7 Å². The van der Waals surface area contributed by atoms with Crippen LogP contribution < -0.4 is 10.2 Å². The number of hydrogen-bond donors (Lipinski definition) is 1. The fraction of sp³-hybridized carbons (Fsp3) is 0.0476. The maximum atomic E-state index is 12.2. The van der Waals surface area contributed by atoms with E-state index in [1.807, 2.05) is 12.1 Å². The third-order valence-corrected chi connectivity index (χ3v) is 4.76. The van der Waals surface area contributed by atoms with Gasteiger partial charge in [0.05, 0.1) is 24.0 Å². The molecule has 0 aromatic heterocycles. The molecule has 0 aliphatic heterocycles. The molecule has 29 heavy (non-hydrogen) atoms. The van der Waals surface area contributed by atoms with Gasteiger partial charge in [0, 0.05) is 3.57 Å². The van der Waals surface area contributed by atoms with Gasteiger partial charge in [0.1, 0.15) is 11.3 Å². The molecule has 0 bridgehead atoms. The van der Waals surface area contributed by atoms with Crippen LogP contribution in [0.25, 0.3) is 0 Å². The van der Waals surface area contributed by atoms with E-state index in [0.29, 0.717) is 28.3 Å². The van der Waals surface area contributed by atoms with Crippen molar-refractivity contribution in [2.45, 2.75) is 0 Å². The maximum Gasteiger partial charge on any atom is 0.366 e. The Bertz CT molecular complexity index is 1050. The van der Waals surface area contributed by atoms with E-state index in [-0.39, 0.29) is 0 Å². The summed E-state index contributed by atoms with van der Waals surface area (Å²) in [6.45, 7) is 0. The lowest BCUT2D eigenvalue weighted by molar-refractivity contribution is 0.0592. The van der Waals surface area contributed by atoms with Gasteiger partial charge in [-0.15, -0.1) is 10.2 Å². The quantitative estimate of drug-likeness (QED) is 0.277. The van der Waals surface area contributed by atoms with E-state index in [9.17, 15) is 9.59 Å². The lowest BCUT2D eigenvalue weighted by Gasteiger charge is -2.09. The van der Waals surface area contributed by atoms with Crippen LogP contribution in [-0.4, -0.2) is 19.0 Å². The van der Waals surface area contributed by atoms with Crippen molar-refractivity contribution in [3.8, 4) is 5.75 Å². The molecule has 0 aliphatic carbocycles. The van der Waals surface area contributed by atoms with Crippen molar-refractivity contribution in [2.24, 2.45) is 10.2 Å². The molecule has 0 radical (unpaired) electrons. The average molecular weight is 501 g/mol. The summed E-state index contributed by atoms with van der Waals surface area (Å²) >= 11 is 2.08. The summed E-state index contributed by atoms with van der Waals surface area (Å²) < 4.78 is 5.95. The van der Waals surface area contributed by atoms with Gasteiger partial charge >= 0.3 is 5.97 Å². The molecule has 0 aliphatic rings. The Morgan fingerprint density at radius 1 is 0.897 bits per heavy atom. The zero-order chi connectivity index (χ0) is 20.6. The molecule has 0 heterocycles. The Kier molecular flexibility index (Phi) is 6.90. The molecular formula is C21H16IN3O4. The molecule has 0 saturated carbocycles. The molecule has 8 heteroatoms. The highest BCUT2D eigenvalue weighted by molar-refractivity contribution is 14.1. The third-order valence-electron chi connectivity index (χ3n) is 3.82. The van der Waals surface area contributed by atoms with Gasteiger partial charge in [-0.1, -0.05) is 24.3 Å². The number of azo groups is 1. The predicted octanol–water partition coefficient (Wildman–Crippen LogP) is 5.41. The molecule has 0 fully saturated rings. The zero-order valence-electron chi connectivity index (χ0n) is 15.3. The normalized spacial score (nSPS) is 10.6. The van der Waals surface area contributed by atoms with Crippen molar-refractivity contribution in [1.29, 1.82) is 0 Å². The minimum atomic E-state index is -0.575. The molecule has 1 N–H and O–H groups in total. The second-order valence-corrected chi connectivity index (χ2v) is 6.89. The Morgan fingerprint density at radius 3 is 2.24 bits per heavy atom. The monoisotopic (exact) mass is 501 g/mol. The second kappa shape index (κ2) is 9.78. The largest absolute Gasteiger partial charge is 0.496 e. The Balaban J connectivity index is 1.59. The molecule has 3 aromatic rings. The molecule has 0 unspecified atom stereocenters. The topological polar surface area (TPSA) is 89.3 Å². The number of hydrogen-bond acceptors (Lipinski definition) is 6. The number of methoxy groups -OCH3 is 1. The number of nitrogens with one attached hydrogen (secondary N) is 1. The number of ether oxygens (including phenoxy) is 1. The van der Waals surface area contributed by atoms with Gasteiger partial charge in [-0.05, 0) is 71.1 Å². The molecule has 146 valence electrons. The minimum absolute atomic E-state index is 0.307. The number of carbonyl (C=O) groups is 2. The van der Waals surface area contributed by atoms with Crippen LogP contribution in [0.3, 0.4) is 0 Å². The minimum Gasteiger partial charge on any atom is -0.496 e. The van der Waals surface area contributed by atoms with E-state index < -0.39 is 11.9 Å². The maximum absolute atomic E-state index is 12.2. The van der Waals surface area contributed by atoms with Gasteiger partial charge in [-0.2, -0.15) is 0 Å². The fourth-order valence-corrected chi connectivity index (χ4v) is 2.98. The van der Waals surface area contributed by atoms with E-state index in [2.05, 4.69) is 38.3 Å². The molecule has 3 rings (SSSR count). The van der Waals surface area contributed by atoms with Gasteiger partial charge in [0.15, 0.2) is 0 Å². The molecule has 3 aromatic carbocycles. The first-order valence-electron chi connectivity index (χ1n) is 8.49. The van der Waals surface area contributed by atoms with Gasteiger partial charge < -0.3 is 9.57 Å². The molecule has 0 atom stereocenters. The number of carbonyl (C=O) groups excluding carboxylic acids is 2. The van der Waals surface area contributed by atoms with Gasteiger partial charge in [0.25, 0.3) is 5.91 Å². The van der Waals surface area contributed by atoms with Crippen molar-refractivity contribution in [2.75, 3.05) is 12.6 Å². The summed E-state index contributed by atoms with van der Waals surface area (Å²) in [6, 6.07) is 20.5. The molecule has 0 spiro atoms. The van der Waals surface area contributed by atoms with Crippen molar-refractivity contribution >= 4 is 45.8 Å². The number of amides is 1. The Morgan fingerprint density at radius 2 is 1.55 bits per heavy atom. The number of anilines is 1. The highest BCUT2D eigenvalue weighted by Gasteiger charge is 2.13. The van der Waals surface area contributed by atoms with Crippen LogP contribution in [-0.2, 0) is 4.84 Å². The van der Waals surface area contributed by atoms with Crippen LogP contribution in [0.2, 0.25) is 0 Å². The van der Waals surface area contributed by atoms with Gasteiger partial charge in [-0.25, -0.2) is 10.3 Å². The van der Waals surface area contributed by atoms with E-state index >= 15 is 0 Å².